The highest BCUT2D eigenvalue weighted by atomic mass is 35.5. The van der Waals surface area contributed by atoms with Crippen molar-refractivity contribution in [1.82, 2.24) is 0 Å². The van der Waals surface area contributed by atoms with Crippen molar-refractivity contribution in [2.75, 3.05) is 29.7 Å². The van der Waals surface area contributed by atoms with Crippen LogP contribution in [0.3, 0.4) is 0 Å². The maximum atomic E-state index is 13.0. The molecule has 3 amide bonds. The predicted octanol–water partition coefficient (Wildman–Crippen LogP) is 7.01. The predicted molar refractivity (Wildman–Crippen MR) is 152 cm³/mol. The molecule has 3 N–H and O–H groups in total. The van der Waals surface area contributed by atoms with Gasteiger partial charge in [0.2, 0.25) is 11.8 Å². The fraction of sp³-hybridized carbons (Fsp3) is 0.192. The number of methoxy groups -OCH3 is 1. The SMILES string of the molecule is COCC(=O)Nc1ccc(NC(=O)c2cc(NC(=O)[C@@H]3[C@@H](c4cc(Cl)cc(Cl)c4)C3(Cl)Cl)ccc2Cl)cc1. The van der Waals surface area contributed by atoms with Gasteiger partial charge in [-0.2, -0.15) is 0 Å². The molecule has 198 valence electrons. The molecular weight excluding hydrogens is 596 g/mol. The summed E-state index contributed by atoms with van der Waals surface area (Å²) in [7, 11) is 1.42. The summed E-state index contributed by atoms with van der Waals surface area (Å²) < 4.78 is 3.43. The van der Waals surface area contributed by atoms with Crippen LogP contribution in [0.15, 0.2) is 60.7 Å². The van der Waals surface area contributed by atoms with Crippen LogP contribution in [0, 0.1) is 5.92 Å². The summed E-state index contributed by atoms with van der Waals surface area (Å²) in [5.41, 5.74) is 2.13. The third kappa shape index (κ3) is 6.54. The summed E-state index contributed by atoms with van der Waals surface area (Å²) in [5, 5.41) is 9.13. The zero-order valence-electron chi connectivity index (χ0n) is 19.7. The molecule has 0 bridgehead atoms. The van der Waals surface area contributed by atoms with E-state index in [1.807, 2.05) is 0 Å². The lowest BCUT2D eigenvalue weighted by molar-refractivity contribution is -0.119. The smallest absolute Gasteiger partial charge is 0.257 e. The molecule has 12 heteroatoms. The van der Waals surface area contributed by atoms with Gasteiger partial charge in [0, 0.05) is 40.1 Å². The number of hydrogen-bond acceptors (Lipinski definition) is 4. The molecule has 0 aliphatic heterocycles. The van der Waals surface area contributed by atoms with Gasteiger partial charge < -0.3 is 20.7 Å². The van der Waals surface area contributed by atoms with Crippen LogP contribution in [0.1, 0.15) is 21.8 Å². The Morgan fingerprint density at radius 3 is 2.00 bits per heavy atom. The number of hydrogen-bond donors (Lipinski definition) is 3. The summed E-state index contributed by atoms with van der Waals surface area (Å²) in [5.74, 6) is -2.51. The van der Waals surface area contributed by atoms with Crippen molar-refractivity contribution in [3.63, 3.8) is 0 Å². The molecule has 38 heavy (non-hydrogen) atoms. The van der Waals surface area contributed by atoms with E-state index in [0.29, 0.717) is 32.7 Å². The number of ether oxygens (including phenoxy) is 1. The van der Waals surface area contributed by atoms with Crippen LogP contribution >= 0.6 is 58.0 Å². The Kier molecular flexibility index (Phi) is 8.77. The Labute approximate surface area is 243 Å². The zero-order valence-corrected chi connectivity index (χ0v) is 23.4. The van der Waals surface area contributed by atoms with Gasteiger partial charge in [-0.3, -0.25) is 14.4 Å². The first-order valence-electron chi connectivity index (χ1n) is 11.1. The lowest BCUT2D eigenvalue weighted by Crippen LogP contribution is -2.18. The van der Waals surface area contributed by atoms with E-state index in [2.05, 4.69) is 16.0 Å². The van der Waals surface area contributed by atoms with E-state index < -0.39 is 28.0 Å². The van der Waals surface area contributed by atoms with Gasteiger partial charge in [-0.25, -0.2) is 0 Å². The second-order valence-electron chi connectivity index (χ2n) is 8.53. The molecule has 3 aromatic carbocycles. The summed E-state index contributed by atoms with van der Waals surface area (Å²) in [4.78, 5) is 37.6. The minimum Gasteiger partial charge on any atom is -0.375 e. The number of benzene rings is 3. The van der Waals surface area contributed by atoms with Crippen LogP contribution in [0.2, 0.25) is 15.1 Å². The first kappa shape index (κ1) is 28.5. The van der Waals surface area contributed by atoms with Crippen molar-refractivity contribution in [1.29, 1.82) is 0 Å². The maximum absolute atomic E-state index is 13.0. The first-order chi connectivity index (χ1) is 18.0. The van der Waals surface area contributed by atoms with Crippen LogP contribution in [0.25, 0.3) is 0 Å². The van der Waals surface area contributed by atoms with E-state index >= 15 is 0 Å². The molecule has 2 atom stereocenters. The van der Waals surface area contributed by atoms with E-state index in [4.69, 9.17) is 62.7 Å². The van der Waals surface area contributed by atoms with Crippen molar-refractivity contribution in [2.24, 2.45) is 5.92 Å². The number of anilines is 3. The average molecular weight is 616 g/mol. The minimum atomic E-state index is -1.35. The molecule has 1 aliphatic carbocycles. The molecule has 0 radical (unpaired) electrons. The molecule has 0 aromatic heterocycles. The summed E-state index contributed by atoms with van der Waals surface area (Å²) >= 11 is 31.3. The van der Waals surface area contributed by atoms with E-state index in [9.17, 15) is 14.4 Å². The normalized spacial score (nSPS) is 17.4. The molecule has 0 spiro atoms. The minimum absolute atomic E-state index is 0.0724. The average Bonchev–Trinajstić information content (AvgIpc) is 3.43. The molecule has 3 aromatic rings. The Bertz CT molecular complexity index is 1380. The Balaban J connectivity index is 1.43. The highest BCUT2D eigenvalue weighted by Gasteiger charge is 2.67. The van der Waals surface area contributed by atoms with E-state index in [-0.39, 0.29) is 23.1 Å². The van der Waals surface area contributed by atoms with Crippen LogP contribution in [-0.4, -0.2) is 35.8 Å². The fourth-order valence-corrected chi connectivity index (χ4v) is 5.56. The van der Waals surface area contributed by atoms with Gasteiger partial charge in [0.25, 0.3) is 5.91 Å². The second kappa shape index (κ2) is 11.7. The molecule has 4 rings (SSSR count). The number of nitrogens with one attached hydrogen (secondary N) is 3. The molecule has 0 saturated heterocycles. The Morgan fingerprint density at radius 1 is 0.816 bits per heavy atom. The highest BCUT2D eigenvalue weighted by Crippen LogP contribution is 2.65. The van der Waals surface area contributed by atoms with E-state index in [1.165, 1.54) is 19.2 Å². The number of halogens is 5. The van der Waals surface area contributed by atoms with Gasteiger partial charge in [-0.15, -0.1) is 23.2 Å². The Morgan fingerprint density at radius 2 is 1.39 bits per heavy atom. The first-order valence-corrected chi connectivity index (χ1v) is 13.0. The van der Waals surface area contributed by atoms with E-state index in [0.717, 1.165) is 0 Å². The standard InChI is InChI=1S/C26H20Cl5N3O4/c1-38-12-21(35)32-16-2-4-17(5-3-16)33-24(36)19-11-18(6-7-20(19)29)34-25(37)23-22(26(23,30)31)13-8-14(27)10-15(28)9-13/h2-11,22-23H,12H2,1H3,(H,32,35)(H,33,36)(H,34,37)/t22-,23+/m1/s1. The molecule has 0 heterocycles. The zero-order chi connectivity index (χ0) is 27.6. The molecule has 7 nitrogen and oxygen atoms in total. The number of rotatable bonds is 8. The Hall–Kier alpha value is -2.52. The number of carbonyl (C=O) groups is 3. The molecular formula is C26H20Cl5N3O4. The lowest BCUT2D eigenvalue weighted by Gasteiger charge is -2.11. The van der Waals surface area contributed by atoms with Gasteiger partial charge in [0.05, 0.1) is 16.5 Å². The third-order valence-electron chi connectivity index (χ3n) is 5.76. The van der Waals surface area contributed by atoms with Crippen LogP contribution in [0.4, 0.5) is 17.1 Å². The van der Waals surface area contributed by atoms with Crippen LogP contribution in [-0.2, 0) is 14.3 Å². The third-order valence-corrected chi connectivity index (χ3v) is 7.47. The van der Waals surface area contributed by atoms with Gasteiger partial charge >= 0.3 is 0 Å². The van der Waals surface area contributed by atoms with Crippen LogP contribution in [0.5, 0.6) is 0 Å². The van der Waals surface area contributed by atoms with Gasteiger partial charge in [0.15, 0.2) is 0 Å². The maximum Gasteiger partial charge on any atom is 0.257 e. The molecule has 1 saturated carbocycles. The van der Waals surface area contributed by atoms with Crippen LogP contribution < -0.4 is 16.0 Å². The number of amides is 3. The molecule has 1 fully saturated rings. The summed E-state index contributed by atoms with van der Waals surface area (Å²) in [6.45, 7) is -0.0724. The van der Waals surface area contributed by atoms with Gasteiger partial charge in [-0.1, -0.05) is 34.8 Å². The number of carbonyl (C=O) groups excluding carboxylic acids is 3. The number of alkyl halides is 2. The molecule has 0 unspecified atom stereocenters. The lowest BCUT2D eigenvalue weighted by atomic mass is 10.1. The fourth-order valence-electron chi connectivity index (χ4n) is 3.98. The quantitative estimate of drug-likeness (QED) is 0.238. The summed E-state index contributed by atoms with van der Waals surface area (Å²) in [6.07, 6.45) is 0. The topological polar surface area (TPSA) is 96.5 Å². The van der Waals surface area contributed by atoms with Crippen molar-refractivity contribution >= 4 is 92.8 Å². The van der Waals surface area contributed by atoms with Crippen molar-refractivity contribution < 1.29 is 19.1 Å². The van der Waals surface area contributed by atoms with Crippen molar-refractivity contribution in [3.8, 4) is 0 Å². The monoisotopic (exact) mass is 613 g/mol. The van der Waals surface area contributed by atoms with E-state index in [1.54, 1.807) is 48.5 Å². The molecule has 1 aliphatic rings. The van der Waals surface area contributed by atoms with Crippen molar-refractivity contribution in [3.05, 3.63) is 86.9 Å². The van der Waals surface area contributed by atoms with Crippen molar-refractivity contribution in [2.45, 2.75) is 10.3 Å². The summed E-state index contributed by atoms with van der Waals surface area (Å²) in [6, 6.07) is 15.9. The van der Waals surface area contributed by atoms with Gasteiger partial charge in [0.1, 0.15) is 10.9 Å². The second-order valence-corrected chi connectivity index (χ2v) is 11.3. The largest absolute Gasteiger partial charge is 0.375 e. The van der Waals surface area contributed by atoms with Gasteiger partial charge in [-0.05, 0) is 66.2 Å². The highest BCUT2D eigenvalue weighted by molar-refractivity contribution is 6.53.